The number of aryl methyl sites for hydroxylation is 2. The zero-order valence-corrected chi connectivity index (χ0v) is 27.1. The molecule has 0 aliphatic heterocycles. The molecule has 0 radical (unpaired) electrons. The number of ether oxygens (including phenoxy) is 2. The van der Waals surface area contributed by atoms with Crippen LogP contribution >= 0.6 is 0 Å². The summed E-state index contributed by atoms with van der Waals surface area (Å²) in [4.78, 5) is 41.5. The van der Waals surface area contributed by atoms with Gasteiger partial charge in [-0.1, -0.05) is 18.2 Å². The molecule has 0 unspecified atom stereocenters. The molecule has 2 aromatic heterocycles. The number of pyridine rings is 2. The monoisotopic (exact) mass is 601 g/mol. The first-order valence-electron chi connectivity index (χ1n) is 15.5. The maximum Gasteiger partial charge on any atom is 0.305 e. The van der Waals surface area contributed by atoms with E-state index >= 15 is 0 Å². The molecule has 1 fully saturated rings. The summed E-state index contributed by atoms with van der Waals surface area (Å²) < 4.78 is 10.9. The predicted octanol–water partition coefficient (Wildman–Crippen LogP) is 5.29. The number of hydrogen-bond donors (Lipinski definition) is 0. The van der Waals surface area contributed by atoms with Crippen LogP contribution in [0.3, 0.4) is 0 Å². The Morgan fingerprint density at radius 3 is 2.32 bits per heavy atom. The molecule has 236 valence electrons. The lowest BCUT2D eigenvalue weighted by Crippen LogP contribution is -2.39. The van der Waals surface area contributed by atoms with Gasteiger partial charge < -0.3 is 19.3 Å². The molecule has 1 aliphatic carbocycles. The highest BCUT2D eigenvalue weighted by Crippen LogP contribution is 2.31. The Hall–Kier alpha value is -3.82. The Labute approximate surface area is 262 Å². The summed E-state index contributed by atoms with van der Waals surface area (Å²) in [6.07, 6.45) is 5.99. The van der Waals surface area contributed by atoms with Crippen LogP contribution in [0.15, 0.2) is 54.7 Å². The molecular formula is C35H47N5O4. The van der Waals surface area contributed by atoms with E-state index in [1.54, 1.807) is 11.1 Å². The summed E-state index contributed by atoms with van der Waals surface area (Å²) in [7, 11) is 9.52. The average molecular weight is 602 g/mol. The summed E-state index contributed by atoms with van der Waals surface area (Å²) in [5, 5.41) is 0. The summed E-state index contributed by atoms with van der Waals surface area (Å²) in [6.45, 7) is 3.95. The third-order valence-electron chi connectivity index (χ3n) is 8.32. The molecule has 1 amide bonds. The highest BCUT2D eigenvalue weighted by molar-refractivity contribution is 5.94. The topological polar surface area (TPSA) is 88.1 Å². The van der Waals surface area contributed by atoms with Crippen molar-refractivity contribution >= 4 is 23.4 Å². The zero-order valence-electron chi connectivity index (χ0n) is 27.1. The van der Waals surface area contributed by atoms with Gasteiger partial charge in [-0.05, 0) is 94.6 Å². The third-order valence-corrected chi connectivity index (χ3v) is 8.32. The van der Waals surface area contributed by atoms with Gasteiger partial charge in [0.25, 0.3) is 0 Å². The molecule has 1 aliphatic rings. The number of amides is 1. The van der Waals surface area contributed by atoms with Crippen molar-refractivity contribution in [2.24, 2.45) is 5.92 Å². The Balaban J connectivity index is 1.54. The second-order valence-electron chi connectivity index (χ2n) is 12.1. The Morgan fingerprint density at radius 1 is 0.955 bits per heavy atom. The molecule has 2 heterocycles. The minimum Gasteiger partial charge on any atom is -0.469 e. The molecular weight excluding hydrogens is 554 g/mol. The maximum absolute atomic E-state index is 14.2. The van der Waals surface area contributed by atoms with E-state index in [0.29, 0.717) is 25.4 Å². The van der Waals surface area contributed by atoms with Crippen LogP contribution in [0.2, 0.25) is 0 Å². The van der Waals surface area contributed by atoms with Gasteiger partial charge in [0.1, 0.15) is 5.82 Å². The van der Waals surface area contributed by atoms with Crippen molar-refractivity contribution in [3.8, 4) is 11.3 Å². The van der Waals surface area contributed by atoms with E-state index in [1.807, 2.05) is 53.3 Å². The normalized spacial score (nSPS) is 16.5. The van der Waals surface area contributed by atoms with Crippen molar-refractivity contribution in [1.29, 1.82) is 0 Å². The second-order valence-corrected chi connectivity index (χ2v) is 12.1. The molecule has 0 N–H and O–H groups in total. The second kappa shape index (κ2) is 15.8. The fraction of sp³-hybridized carbons (Fsp3) is 0.486. The molecule has 9 nitrogen and oxygen atoms in total. The van der Waals surface area contributed by atoms with Gasteiger partial charge in [-0.3, -0.25) is 19.5 Å². The van der Waals surface area contributed by atoms with Gasteiger partial charge in [0, 0.05) is 56.1 Å². The molecule has 0 bridgehead atoms. The van der Waals surface area contributed by atoms with Gasteiger partial charge in [-0.2, -0.15) is 0 Å². The van der Waals surface area contributed by atoms with E-state index in [0.717, 1.165) is 66.0 Å². The van der Waals surface area contributed by atoms with Crippen LogP contribution in [0.4, 0.5) is 11.5 Å². The van der Waals surface area contributed by atoms with Crippen LogP contribution in [-0.4, -0.2) is 81.3 Å². The fourth-order valence-electron chi connectivity index (χ4n) is 5.50. The van der Waals surface area contributed by atoms with Crippen molar-refractivity contribution in [2.75, 3.05) is 58.3 Å². The molecule has 9 heteroatoms. The first-order valence-corrected chi connectivity index (χ1v) is 15.5. The number of likely N-dealkylation sites (N-methyl/N-ethyl adjacent to an activating group) is 1. The van der Waals surface area contributed by atoms with Crippen LogP contribution in [0, 0.1) is 12.8 Å². The Kier molecular flexibility index (Phi) is 11.9. The average Bonchev–Trinajstić information content (AvgIpc) is 3.03. The standard InChI is InChI=1S/C35H47N5O4/c1-25-29(12-17-32(37-25)27-8-13-30(14-9-27)39(4)5)24-40(33-23-26(19-20-36-33)7-18-34(41)43-6)35(42)28-10-15-31(16-11-28)44-22-21-38(2)3/h8-9,12-14,17,19-20,23,28,31H,7,10-11,15-16,18,21-22,24H2,1-6H3. The summed E-state index contributed by atoms with van der Waals surface area (Å²) in [5.74, 6) is 0.285. The zero-order chi connectivity index (χ0) is 31.6. The van der Waals surface area contributed by atoms with Gasteiger partial charge in [-0.25, -0.2) is 4.98 Å². The predicted molar refractivity (Wildman–Crippen MR) is 175 cm³/mol. The van der Waals surface area contributed by atoms with Gasteiger partial charge in [0.2, 0.25) is 5.91 Å². The molecule has 44 heavy (non-hydrogen) atoms. The lowest BCUT2D eigenvalue weighted by molar-refractivity contribution is -0.140. The van der Waals surface area contributed by atoms with Gasteiger partial charge >= 0.3 is 5.97 Å². The molecule has 0 spiro atoms. The number of aromatic nitrogens is 2. The van der Waals surface area contributed by atoms with Crippen molar-refractivity contribution in [3.05, 3.63) is 71.5 Å². The SMILES string of the molecule is COC(=O)CCc1ccnc(N(Cc2ccc(-c3ccc(N(C)C)cc3)nc2C)C(=O)C2CCC(OCCN(C)C)CC2)c1. The van der Waals surface area contributed by atoms with E-state index in [4.69, 9.17) is 14.5 Å². The minimum absolute atomic E-state index is 0.0668. The van der Waals surface area contributed by atoms with E-state index in [9.17, 15) is 9.59 Å². The quantitative estimate of drug-likeness (QED) is 0.244. The first kappa shape index (κ1) is 33.1. The number of rotatable bonds is 13. The minimum atomic E-state index is -0.265. The number of carbonyl (C=O) groups is 2. The van der Waals surface area contributed by atoms with Crippen molar-refractivity contribution < 1.29 is 19.1 Å². The third kappa shape index (κ3) is 9.09. The fourth-order valence-corrected chi connectivity index (χ4v) is 5.50. The number of methoxy groups -OCH3 is 1. The van der Waals surface area contributed by atoms with Crippen molar-refractivity contribution in [2.45, 2.75) is 58.1 Å². The first-order chi connectivity index (χ1) is 21.1. The summed E-state index contributed by atoms with van der Waals surface area (Å²) >= 11 is 0. The summed E-state index contributed by atoms with van der Waals surface area (Å²) in [6, 6.07) is 16.2. The number of benzene rings is 1. The van der Waals surface area contributed by atoms with Gasteiger partial charge in [-0.15, -0.1) is 0 Å². The largest absolute Gasteiger partial charge is 0.469 e. The van der Waals surface area contributed by atoms with E-state index in [1.165, 1.54) is 7.11 Å². The van der Waals surface area contributed by atoms with E-state index in [2.05, 4.69) is 45.1 Å². The number of carbonyl (C=O) groups excluding carboxylic acids is 2. The number of anilines is 2. The lowest BCUT2D eigenvalue weighted by Gasteiger charge is -2.32. The Morgan fingerprint density at radius 2 is 1.68 bits per heavy atom. The van der Waals surface area contributed by atoms with Crippen LogP contribution < -0.4 is 9.80 Å². The van der Waals surface area contributed by atoms with Crippen molar-refractivity contribution in [1.82, 2.24) is 14.9 Å². The molecule has 3 aromatic rings. The number of nitrogens with zero attached hydrogens (tertiary/aromatic N) is 5. The molecule has 1 saturated carbocycles. The van der Waals surface area contributed by atoms with Gasteiger partial charge in [0.05, 0.1) is 32.1 Å². The van der Waals surface area contributed by atoms with E-state index in [-0.39, 0.29) is 30.3 Å². The highest BCUT2D eigenvalue weighted by atomic mass is 16.5. The van der Waals surface area contributed by atoms with Crippen LogP contribution in [0.1, 0.15) is 48.9 Å². The van der Waals surface area contributed by atoms with Crippen molar-refractivity contribution in [3.63, 3.8) is 0 Å². The maximum atomic E-state index is 14.2. The molecule has 4 rings (SSSR count). The number of hydrogen-bond acceptors (Lipinski definition) is 8. The number of esters is 1. The van der Waals surface area contributed by atoms with Crippen LogP contribution in [0.25, 0.3) is 11.3 Å². The molecule has 1 aromatic carbocycles. The molecule has 0 saturated heterocycles. The lowest BCUT2D eigenvalue weighted by atomic mass is 9.86. The van der Waals surface area contributed by atoms with Gasteiger partial charge in [0.15, 0.2) is 0 Å². The smallest absolute Gasteiger partial charge is 0.305 e. The summed E-state index contributed by atoms with van der Waals surface area (Å²) in [5.41, 5.74) is 5.84. The highest BCUT2D eigenvalue weighted by Gasteiger charge is 2.31. The molecule has 0 atom stereocenters. The van der Waals surface area contributed by atoms with Crippen LogP contribution in [-0.2, 0) is 32.0 Å². The Bertz CT molecular complexity index is 1380. The van der Waals surface area contributed by atoms with E-state index < -0.39 is 0 Å². The van der Waals surface area contributed by atoms with Crippen LogP contribution in [0.5, 0.6) is 0 Å².